The second-order valence-corrected chi connectivity index (χ2v) is 57.6. The van der Waals surface area contributed by atoms with E-state index in [1.807, 2.05) is 171 Å². The van der Waals surface area contributed by atoms with E-state index in [1.165, 1.54) is 10.5 Å². The van der Waals surface area contributed by atoms with Gasteiger partial charge in [-0.3, -0.25) is 38.4 Å². The second-order valence-electron chi connectivity index (χ2n) is 22.6. The molecule has 7 aromatic rings. The minimum Gasteiger partial charge on any atom is -0.285 e. The molecule has 3 aliphatic heterocycles. The Hall–Kier alpha value is -0.140. The summed E-state index contributed by atoms with van der Waals surface area (Å²) in [5.41, 5.74) is 3.02. The number of piperidine rings is 1. The van der Waals surface area contributed by atoms with Gasteiger partial charge in [-0.2, -0.15) is 20.4 Å². The molecule has 0 bridgehead atoms. The van der Waals surface area contributed by atoms with E-state index in [4.69, 9.17) is 18.9 Å². The number of rotatable bonds is 11. The molecule has 0 spiro atoms. The fourth-order valence-corrected chi connectivity index (χ4v) is 9.57. The summed E-state index contributed by atoms with van der Waals surface area (Å²) in [6, 6.07) is 23.8. The summed E-state index contributed by atoms with van der Waals surface area (Å²) in [5.74, 6) is 2.68. The van der Waals surface area contributed by atoms with Crippen LogP contribution >= 0.6 is 193 Å². The van der Waals surface area contributed by atoms with Crippen LogP contribution in [-0.4, -0.2) is 139 Å². The van der Waals surface area contributed by atoms with Crippen molar-refractivity contribution in [3.05, 3.63) is 146 Å². The number of anilines is 2. The summed E-state index contributed by atoms with van der Waals surface area (Å²) >= 11 is 19.3. The molecule has 10 rings (SSSR count). The quantitative estimate of drug-likeness (QED) is 0.103. The molecule has 0 atom stereocenters. The van der Waals surface area contributed by atoms with Gasteiger partial charge >= 0.3 is 107 Å². The second kappa shape index (κ2) is 47.1. The van der Waals surface area contributed by atoms with Gasteiger partial charge in [-0.1, -0.05) is 50.2 Å². The number of ether oxygens (including phenoxy) is 4. The van der Waals surface area contributed by atoms with Gasteiger partial charge in [0.05, 0.1) is 89.8 Å². The Morgan fingerprint density at radius 3 is 1.40 bits per heavy atom. The van der Waals surface area contributed by atoms with Gasteiger partial charge in [0.2, 0.25) is 17.7 Å². The monoisotopic (exact) mass is 2540 g/mol. The van der Waals surface area contributed by atoms with Crippen molar-refractivity contribution >= 4 is 228 Å². The fraction of sp³-hybridized carbons (Fsp3) is 0.433. The van der Waals surface area contributed by atoms with Crippen LogP contribution in [0.3, 0.4) is 0 Å². The number of amides is 4. The summed E-state index contributed by atoms with van der Waals surface area (Å²) in [5, 5.41) is 25.3. The molecular weight excluding hydrogens is 2460 g/mol. The van der Waals surface area contributed by atoms with Crippen molar-refractivity contribution in [2.24, 2.45) is 5.41 Å². The van der Waals surface area contributed by atoms with Crippen LogP contribution in [0.25, 0.3) is 0 Å². The van der Waals surface area contributed by atoms with E-state index in [0.29, 0.717) is 59.2 Å². The first-order valence-corrected chi connectivity index (χ1v) is 61.5. The van der Waals surface area contributed by atoms with E-state index < -0.39 is 22.8 Å². The van der Waals surface area contributed by atoms with E-state index in [0.717, 1.165) is 79.4 Å². The molecule has 33 heteroatoms. The zero-order valence-electron chi connectivity index (χ0n) is 53.5. The number of halogens is 12. The van der Waals surface area contributed by atoms with Crippen molar-refractivity contribution < 1.29 is 66.1 Å². The number of nitrogens with zero attached hydrogens (tertiary/aromatic N) is 10. The van der Waals surface area contributed by atoms with Crippen LogP contribution in [0.2, 0.25) is 0 Å². The molecule has 93 heavy (non-hydrogen) atoms. The number of H-pyrrole nitrogens is 1. The van der Waals surface area contributed by atoms with Gasteiger partial charge in [0, 0.05) is 102 Å². The summed E-state index contributed by atoms with van der Waals surface area (Å²) in [6.07, 6.45) is 16.4. The zero-order valence-corrected chi connectivity index (χ0v) is 78.2. The predicted octanol–water partition coefficient (Wildman–Crippen LogP) is 10.0. The molecule has 0 aliphatic carbocycles. The third-order valence-corrected chi connectivity index (χ3v) is 14.7. The van der Waals surface area contributed by atoms with Crippen molar-refractivity contribution in [2.45, 2.75) is 111 Å². The van der Waals surface area contributed by atoms with Crippen LogP contribution in [0.5, 0.6) is 17.2 Å². The number of aromatic nitrogens is 8. The SMILES string of the molecule is CC(C)(C)OC(=O)N1CCNC(=O)C1(C)C.COc1ccc(Cn2cc(I)cn2)cc1.COc1ccc(Cn2cc(N3CCCC(C)(C)C3=O)cn2)cc1.COc1ccc(Cn2cc(N3CCNC(C)(C)C3=O)cn2)cc1.Cl.I.II.I[I-]I.I[I-]I.Ic1cn[nH]c1.[HH]. The molecule has 3 aliphatic rings. The van der Waals surface area contributed by atoms with Gasteiger partial charge in [0.15, 0.2) is 0 Å². The number of aromatic amines is 1. The molecule has 21 nitrogen and oxygen atoms in total. The Morgan fingerprint density at radius 2 is 1.03 bits per heavy atom. The molecule has 4 aromatic heterocycles. The molecule has 3 aromatic carbocycles. The van der Waals surface area contributed by atoms with Gasteiger partial charge in [-0.25, -0.2) is 4.79 Å². The van der Waals surface area contributed by atoms with Gasteiger partial charge in [0.1, 0.15) is 28.4 Å². The average Bonchev–Trinajstić information content (AvgIpc) is 1.18. The minimum atomic E-state index is -0.847. The predicted molar refractivity (Wildman–Crippen MR) is 446 cm³/mol. The minimum absolute atomic E-state index is 0. The number of methoxy groups -OCH3 is 3. The maximum atomic E-state index is 12.6. The summed E-state index contributed by atoms with van der Waals surface area (Å²) < 4.78 is 28.6. The van der Waals surface area contributed by atoms with Gasteiger partial charge in [-0.15, -0.1) is 36.4 Å². The van der Waals surface area contributed by atoms with E-state index >= 15 is 0 Å². The Balaban J connectivity index is 0.00000115. The normalized spacial score (nSPS) is 14.8. The largest absolute Gasteiger partial charge is 0.285 e. The maximum absolute atomic E-state index is 12.6. The molecule has 0 saturated carbocycles. The molecule has 3 fully saturated rings. The number of piperazine rings is 2. The maximum Gasteiger partial charge on any atom is 0.0621 e. The van der Waals surface area contributed by atoms with Crippen LogP contribution in [-0.2, 0) is 38.8 Å². The molecular formula is C60H83ClI11N13O8-2. The summed E-state index contributed by atoms with van der Waals surface area (Å²) in [7, 11) is 4.98. The van der Waals surface area contributed by atoms with Gasteiger partial charge in [-0.05, 0) is 160 Å². The summed E-state index contributed by atoms with van der Waals surface area (Å²) in [6.45, 7) is 22.0. The number of carbonyl (C=O) groups is 4. The average molecular weight is 2550 g/mol. The Kier molecular flexibility index (Phi) is 46.0. The molecule has 3 N–H and O–H groups in total. The number of hydrogen-bond acceptors (Lipinski definition) is 13. The van der Waals surface area contributed by atoms with Crippen molar-refractivity contribution in [1.82, 2.24) is 55.1 Å². The van der Waals surface area contributed by atoms with Crippen LogP contribution in [0, 0.1) is 12.6 Å². The molecule has 7 heterocycles. The zero-order chi connectivity index (χ0) is 68.0. The van der Waals surface area contributed by atoms with E-state index in [1.54, 1.807) is 58.7 Å². The third-order valence-electron chi connectivity index (χ3n) is 13.6. The first-order valence-electron chi connectivity index (χ1n) is 28.0. The van der Waals surface area contributed by atoms with Crippen LogP contribution in [0.15, 0.2) is 122 Å². The first-order chi connectivity index (χ1) is 43.1. The van der Waals surface area contributed by atoms with Gasteiger partial charge < -0.3 is 39.4 Å². The number of benzene rings is 3. The molecule has 0 radical (unpaired) electrons. The fourth-order valence-electron chi connectivity index (χ4n) is 8.85. The molecule has 522 valence electrons. The standard InChI is InChI=1S/C18H23N3O2.C17H22N4O2.C11H11IN2O.C11H20N2O3.C3H3IN2.ClH.2I3.I2.HI.H2/c1-18(2)9-4-10-21(17(18)22)15-11-19-20(13-15)12-14-5-7-16(23-3)8-6-14;1-17(2)16(22)21(9-8-18-17)14-10-19-20(12-14)11-13-4-6-15(23-3)7-5-13;1-15-11-4-2-9(3-5-11)7-14-8-10(12)6-13-14;1-10(2,3)16-9(15)13-7-6-12-8(14)11(13,4)5;4-3-1-5-6-2-3;;2*1-3-2;1-2;;/h5-8,11,13H,4,9-10,12H2,1-3H3;4-7,10,12,18H,8-9,11H2,1-3H3;2-6,8H,7H2,1H3;6-7H2,1-5H3,(H,12,14);1-2H,(H,5,6);1H;;;;2*1H/q;;;;;;2*-1;;;. The molecule has 4 amide bonds. The van der Waals surface area contributed by atoms with Gasteiger partial charge in [0.25, 0.3) is 0 Å². The molecule has 3 saturated heterocycles. The van der Waals surface area contributed by atoms with Crippen LogP contribution in [0.1, 0.15) is 93.3 Å². The molecule has 0 unspecified atom stereocenters. The third kappa shape index (κ3) is 32.6. The van der Waals surface area contributed by atoms with E-state index in [2.05, 4.69) is 193 Å². The van der Waals surface area contributed by atoms with Crippen LogP contribution in [0.4, 0.5) is 16.2 Å². The van der Waals surface area contributed by atoms with Crippen molar-refractivity contribution in [3.8, 4) is 17.2 Å². The Bertz CT molecular complexity index is 3130. The first kappa shape index (κ1) is 90.9. The summed E-state index contributed by atoms with van der Waals surface area (Å²) in [4.78, 5) is 53.7. The van der Waals surface area contributed by atoms with Crippen LogP contribution < -0.4 is 61.2 Å². The van der Waals surface area contributed by atoms with Crippen molar-refractivity contribution in [3.63, 3.8) is 0 Å². The number of hydrogen-bond donors (Lipinski definition) is 3. The van der Waals surface area contributed by atoms with E-state index in [9.17, 15) is 19.2 Å². The topological polar surface area (TPSA) is 221 Å². The Morgan fingerprint density at radius 1 is 0.613 bits per heavy atom. The Labute approximate surface area is 682 Å². The van der Waals surface area contributed by atoms with E-state index in [-0.39, 0.29) is 60.9 Å². The van der Waals surface area contributed by atoms with Crippen molar-refractivity contribution in [2.75, 3.05) is 63.9 Å². The number of nitrogens with one attached hydrogen (secondary N) is 3. The van der Waals surface area contributed by atoms with Crippen molar-refractivity contribution in [1.29, 1.82) is 0 Å². The smallest absolute Gasteiger partial charge is 0.0621 e. The number of carbonyl (C=O) groups excluding carboxylic acids is 4.